The fraction of sp³-hybridized carbons (Fsp3) is 0.550. The Morgan fingerprint density at radius 2 is 1.59 bits per heavy atom. The topological polar surface area (TPSA) is 46.8 Å². The van der Waals surface area contributed by atoms with Crippen LogP contribution < -0.4 is 0 Å². The van der Waals surface area contributed by atoms with Crippen molar-refractivity contribution in [3.63, 3.8) is 0 Å². The smallest absolute Gasteiger partial charge is 0.0928 e. The van der Waals surface area contributed by atoms with Gasteiger partial charge in [0.25, 0.3) is 0 Å². The molecule has 0 aliphatic heterocycles. The molecular weight excluding hydrogens is 374 g/mol. The van der Waals surface area contributed by atoms with Crippen LogP contribution in [0, 0.1) is 0 Å². The fourth-order valence-corrected chi connectivity index (χ4v) is 4.86. The van der Waals surface area contributed by atoms with Gasteiger partial charge in [0, 0.05) is 42.3 Å². The van der Waals surface area contributed by atoms with Gasteiger partial charge in [-0.3, -0.25) is 9.58 Å². The first-order chi connectivity index (χ1) is 13.2. The lowest BCUT2D eigenvalue weighted by molar-refractivity contribution is 0.166. The van der Waals surface area contributed by atoms with E-state index in [0.717, 1.165) is 45.3 Å². The van der Waals surface area contributed by atoms with Crippen molar-refractivity contribution in [3.05, 3.63) is 50.6 Å². The fourth-order valence-electron chi connectivity index (χ4n) is 3.08. The van der Waals surface area contributed by atoms with Crippen LogP contribution in [-0.2, 0) is 32.5 Å². The quantitative estimate of drug-likeness (QED) is 0.462. The molecule has 3 aromatic rings. The van der Waals surface area contributed by atoms with Gasteiger partial charge in [-0.1, -0.05) is 13.8 Å². The molecule has 0 fully saturated rings. The van der Waals surface area contributed by atoms with Crippen molar-refractivity contribution in [1.82, 2.24) is 24.6 Å². The predicted octanol–water partition coefficient (Wildman–Crippen LogP) is 4.79. The molecule has 27 heavy (non-hydrogen) atoms. The van der Waals surface area contributed by atoms with Gasteiger partial charge in [0.1, 0.15) is 0 Å². The van der Waals surface area contributed by atoms with E-state index in [-0.39, 0.29) is 0 Å². The lowest BCUT2D eigenvalue weighted by atomic mass is 10.2. The summed E-state index contributed by atoms with van der Waals surface area (Å²) < 4.78 is 2.00. The van der Waals surface area contributed by atoms with Gasteiger partial charge >= 0.3 is 0 Å². The molecule has 3 rings (SSSR count). The highest BCUT2D eigenvalue weighted by Gasteiger charge is 2.18. The SMILES string of the molecule is CCCc1nc(CN(Cc2csc(CCC)n2)C(C)Cn2cccn2)cs1. The second-order valence-corrected chi connectivity index (χ2v) is 8.83. The molecule has 1 atom stereocenters. The zero-order valence-electron chi connectivity index (χ0n) is 16.5. The minimum absolute atomic E-state index is 0.345. The van der Waals surface area contributed by atoms with Crippen molar-refractivity contribution in [1.29, 1.82) is 0 Å². The number of aryl methyl sites for hydroxylation is 2. The monoisotopic (exact) mass is 403 g/mol. The molecular formula is C20H29N5S2. The van der Waals surface area contributed by atoms with Crippen LogP contribution in [0.15, 0.2) is 29.2 Å². The van der Waals surface area contributed by atoms with E-state index in [0.29, 0.717) is 6.04 Å². The Kier molecular flexibility index (Phi) is 7.55. The molecule has 1 unspecified atom stereocenters. The molecule has 0 bridgehead atoms. The number of hydrogen-bond acceptors (Lipinski definition) is 6. The molecule has 0 radical (unpaired) electrons. The summed E-state index contributed by atoms with van der Waals surface area (Å²) in [6, 6.07) is 2.32. The van der Waals surface area contributed by atoms with Crippen molar-refractivity contribution in [3.8, 4) is 0 Å². The number of rotatable bonds is 11. The third-order valence-corrected chi connectivity index (χ3v) is 6.41. The first-order valence-corrected chi connectivity index (χ1v) is 11.5. The maximum absolute atomic E-state index is 4.83. The number of nitrogens with zero attached hydrogens (tertiary/aromatic N) is 5. The van der Waals surface area contributed by atoms with Gasteiger partial charge in [-0.05, 0) is 38.7 Å². The summed E-state index contributed by atoms with van der Waals surface area (Å²) in [5.41, 5.74) is 2.33. The van der Waals surface area contributed by atoms with Crippen LogP contribution in [0.1, 0.15) is 55.0 Å². The molecule has 0 aliphatic rings. The van der Waals surface area contributed by atoms with Gasteiger partial charge < -0.3 is 0 Å². The van der Waals surface area contributed by atoms with Crippen LogP contribution in [0.3, 0.4) is 0 Å². The molecule has 0 N–H and O–H groups in total. The van der Waals surface area contributed by atoms with Crippen molar-refractivity contribution in [2.45, 2.75) is 72.1 Å². The van der Waals surface area contributed by atoms with Gasteiger partial charge in [-0.2, -0.15) is 5.10 Å². The average molecular weight is 404 g/mol. The zero-order valence-corrected chi connectivity index (χ0v) is 18.1. The van der Waals surface area contributed by atoms with Crippen molar-refractivity contribution in [2.75, 3.05) is 0 Å². The summed E-state index contributed by atoms with van der Waals surface area (Å²) in [7, 11) is 0. The summed E-state index contributed by atoms with van der Waals surface area (Å²) >= 11 is 3.56. The molecule has 3 aromatic heterocycles. The van der Waals surface area contributed by atoms with Gasteiger partial charge in [-0.25, -0.2) is 9.97 Å². The predicted molar refractivity (Wildman–Crippen MR) is 113 cm³/mol. The van der Waals surface area contributed by atoms with Crippen LogP contribution in [0.4, 0.5) is 0 Å². The third kappa shape index (κ3) is 5.96. The normalized spacial score (nSPS) is 12.7. The first-order valence-electron chi connectivity index (χ1n) is 9.76. The Morgan fingerprint density at radius 3 is 2.07 bits per heavy atom. The Hall–Kier alpha value is -1.57. The van der Waals surface area contributed by atoms with Crippen LogP contribution in [0.2, 0.25) is 0 Å². The van der Waals surface area contributed by atoms with E-state index in [2.05, 4.69) is 41.5 Å². The number of hydrogen-bond donors (Lipinski definition) is 0. The molecule has 0 aliphatic carbocycles. The van der Waals surface area contributed by atoms with Crippen LogP contribution in [-0.4, -0.2) is 30.7 Å². The molecule has 7 heteroatoms. The Morgan fingerprint density at radius 1 is 1.00 bits per heavy atom. The standard InChI is InChI=1S/C20H29N5S2/c1-4-7-19-22-17(14-26-19)12-24(16(3)11-25-10-6-9-21-25)13-18-15-27-20(23-18)8-5-2/h6,9-10,14-16H,4-5,7-8,11-13H2,1-3H3. The average Bonchev–Trinajstić information content (AvgIpc) is 3.39. The molecule has 0 spiro atoms. The maximum Gasteiger partial charge on any atom is 0.0928 e. The highest BCUT2D eigenvalue weighted by atomic mass is 32.1. The molecule has 0 amide bonds. The maximum atomic E-state index is 4.83. The van der Waals surface area contributed by atoms with Gasteiger partial charge in [-0.15, -0.1) is 22.7 Å². The van der Waals surface area contributed by atoms with Gasteiger partial charge in [0.2, 0.25) is 0 Å². The van der Waals surface area contributed by atoms with Crippen LogP contribution in [0.25, 0.3) is 0 Å². The number of aromatic nitrogens is 4. The van der Waals surface area contributed by atoms with E-state index < -0.39 is 0 Å². The van der Waals surface area contributed by atoms with Crippen LogP contribution >= 0.6 is 22.7 Å². The minimum Gasteiger partial charge on any atom is -0.287 e. The molecule has 3 heterocycles. The molecule has 0 aromatic carbocycles. The molecule has 5 nitrogen and oxygen atoms in total. The van der Waals surface area contributed by atoms with Crippen molar-refractivity contribution < 1.29 is 0 Å². The Bertz CT molecular complexity index is 747. The zero-order chi connectivity index (χ0) is 19.1. The van der Waals surface area contributed by atoms with Crippen molar-refractivity contribution in [2.24, 2.45) is 0 Å². The van der Waals surface area contributed by atoms with E-state index in [1.54, 1.807) is 22.7 Å². The summed E-state index contributed by atoms with van der Waals surface area (Å²) in [5, 5.41) is 11.3. The molecule has 0 saturated carbocycles. The minimum atomic E-state index is 0.345. The molecule has 146 valence electrons. The van der Waals surface area contributed by atoms with Crippen LogP contribution in [0.5, 0.6) is 0 Å². The van der Waals surface area contributed by atoms with E-state index in [9.17, 15) is 0 Å². The summed E-state index contributed by atoms with van der Waals surface area (Å²) in [5.74, 6) is 0. The highest BCUT2D eigenvalue weighted by molar-refractivity contribution is 7.09. The summed E-state index contributed by atoms with van der Waals surface area (Å²) in [4.78, 5) is 12.1. The highest BCUT2D eigenvalue weighted by Crippen LogP contribution is 2.19. The second kappa shape index (κ2) is 10.1. The Labute approximate surface area is 170 Å². The summed E-state index contributed by atoms with van der Waals surface area (Å²) in [6.45, 7) is 9.24. The number of thiazole rings is 2. The van der Waals surface area contributed by atoms with E-state index in [1.807, 2.05) is 23.1 Å². The largest absolute Gasteiger partial charge is 0.287 e. The van der Waals surface area contributed by atoms with Gasteiger partial charge in [0.05, 0.1) is 27.9 Å². The summed E-state index contributed by atoms with van der Waals surface area (Å²) in [6.07, 6.45) is 8.29. The van der Waals surface area contributed by atoms with E-state index in [1.165, 1.54) is 21.4 Å². The lowest BCUT2D eigenvalue weighted by Crippen LogP contribution is -2.35. The third-order valence-electron chi connectivity index (χ3n) is 4.49. The lowest BCUT2D eigenvalue weighted by Gasteiger charge is -2.27. The first kappa shape index (κ1) is 20.2. The Balaban J connectivity index is 1.71. The van der Waals surface area contributed by atoms with E-state index >= 15 is 0 Å². The van der Waals surface area contributed by atoms with Gasteiger partial charge in [0.15, 0.2) is 0 Å². The van der Waals surface area contributed by atoms with Crippen molar-refractivity contribution >= 4 is 22.7 Å². The molecule has 0 saturated heterocycles. The van der Waals surface area contributed by atoms with E-state index in [4.69, 9.17) is 9.97 Å². The second-order valence-electron chi connectivity index (χ2n) is 6.95.